The Labute approximate surface area is 83.1 Å². The van der Waals surface area contributed by atoms with E-state index in [0.29, 0.717) is 12.6 Å². The number of hydrogen-bond acceptors (Lipinski definition) is 2. The molecule has 2 nitrogen and oxygen atoms in total. The minimum Gasteiger partial charge on any atom is -0.382 e. The summed E-state index contributed by atoms with van der Waals surface area (Å²) >= 11 is 6.01. The third-order valence-corrected chi connectivity index (χ3v) is 2.61. The second kappa shape index (κ2) is 3.56. The van der Waals surface area contributed by atoms with Gasteiger partial charge in [-0.05, 0) is 25.0 Å². The Kier molecular flexibility index (Phi) is 2.42. The van der Waals surface area contributed by atoms with Crippen LogP contribution < -0.4 is 11.1 Å². The van der Waals surface area contributed by atoms with Gasteiger partial charge in [-0.25, -0.2) is 0 Å². The Balaban J connectivity index is 2.25. The van der Waals surface area contributed by atoms with Crippen LogP contribution in [-0.2, 0) is 6.54 Å². The zero-order valence-electron chi connectivity index (χ0n) is 7.39. The van der Waals surface area contributed by atoms with Gasteiger partial charge in [-0.1, -0.05) is 17.7 Å². The highest BCUT2D eigenvalue weighted by molar-refractivity contribution is 6.31. The molecule has 0 radical (unpaired) electrons. The summed E-state index contributed by atoms with van der Waals surface area (Å²) in [5.74, 6) is 0. The van der Waals surface area contributed by atoms with E-state index in [1.807, 2.05) is 18.2 Å². The first-order chi connectivity index (χ1) is 6.31. The van der Waals surface area contributed by atoms with Crippen molar-refractivity contribution in [2.75, 3.05) is 5.32 Å². The number of halogens is 1. The summed E-state index contributed by atoms with van der Waals surface area (Å²) in [5.41, 5.74) is 7.74. The van der Waals surface area contributed by atoms with Gasteiger partial charge >= 0.3 is 0 Å². The average molecular weight is 197 g/mol. The van der Waals surface area contributed by atoms with Crippen molar-refractivity contribution in [3.63, 3.8) is 0 Å². The van der Waals surface area contributed by atoms with Crippen LogP contribution in [0, 0.1) is 0 Å². The second-order valence-electron chi connectivity index (χ2n) is 3.39. The minimum atomic E-state index is 0.495. The molecule has 0 aromatic heterocycles. The quantitative estimate of drug-likeness (QED) is 0.779. The van der Waals surface area contributed by atoms with Crippen LogP contribution in [0.15, 0.2) is 18.2 Å². The lowest BCUT2D eigenvalue weighted by atomic mass is 10.2. The van der Waals surface area contributed by atoms with Gasteiger partial charge in [0.25, 0.3) is 0 Å². The van der Waals surface area contributed by atoms with E-state index in [-0.39, 0.29) is 0 Å². The Morgan fingerprint density at radius 2 is 2.23 bits per heavy atom. The maximum absolute atomic E-state index is 6.01. The molecule has 70 valence electrons. The van der Waals surface area contributed by atoms with Crippen molar-refractivity contribution in [3.8, 4) is 0 Å². The molecule has 0 atom stereocenters. The molecule has 1 aliphatic carbocycles. The molecule has 13 heavy (non-hydrogen) atoms. The fourth-order valence-electron chi connectivity index (χ4n) is 1.35. The fraction of sp³-hybridized carbons (Fsp3) is 0.400. The number of anilines is 1. The lowest BCUT2D eigenvalue weighted by Crippen LogP contribution is -2.07. The van der Waals surface area contributed by atoms with Gasteiger partial charge in [0.15, 0.2) is 0 Å². The third kappa shape index (κ3) is 1.95. The third-order valence-electron chi connectivity index (χ3n) is 2.26. The van der Waals surface area contributed by atoms with Gasteiger partial charge in [0.1, 0.15) is 0 Å². The molecule has 1 aliphatic rings. The van der Waals surface area contributed by atoms with E-state index in [0.717, 1.165) is 16.3 Å². The molecule has 1 aromatic rings. The van der Waals surface area contributed by atoms with Gasteiger partial charge in [0.2, 0.25) is 0 Å². The van der Waals surface area contributed by atoms with Crippen LogP contribution >= 0.6 is 11.6 Å². The van der Waals surface area contributed by atoms with Crippen LogP contribution in [-0.4, -0.2) is 6.04 Å². The van der Waals surface area contributed by atoms with E-state index in [9.17, 15) is 0 Å². The van der Waals surface area contributed by atoms with E-state index < -0.39 is 0 Å². The van der Waals surface area contributed by atoms with Gasteiger partial charge in [0, 0.05) is 28.9 Å². The average Bonchev–Trinajstić information content (AvgIpc) is 2.89. The van der Waals surface area contributed by atoms with Crippen molar-refractivity contribution in [1.82, 2.24) is 0 Å². The lowest BCUT2D eigenvalue weighted by Gasteiger charge is -2.10. The number of hydrogen-bond donors (Lipinski definition) is 2. The van der Waals surface area contributed by atoms with Crippen LogP contribution in [0.3, 0.4) is 0 Å². The summed E-state index contributed by atoms with van der Waals surface area (Å²) < 4.78 is 0. The van der Waals surface area contributed by atoms with Crippen molar-refractivity contribution < 1.29 is 0 Å². The van der Waals surface area contributed by atoms with Gasteiger partial charge in [-0.15, -0.1) is 0 Å². The number of rotatable bonds is 3. The molecule has 0 amide bonds. The van der Waals surface area contributed by atoms with E-state index in [2.05, 4.69) is 5.32 Å². The second-order valence-corrected chi connectivity index (χ2v) is 3.80. The Bertz CT molecular complexity index is 308. The maximum Gasteiger partial charge on any atom is 0.0471 e. The highest BCUT2D eigenvalue weighted by atomic mass is 35.5. The van der Waals surface area contributed by atoms with Gasteiger partial charge in [-0.3, -0.25) is 0 Å². The van der Waals surface area contributed by atoms with Gasteiger partial charge < -0.3 is 11.1 Å². The molecular formula is C10H13ClN2. The number of benzene rings is 1. The molecule has 3 heteroatoms. The van der Waals surface area contributed by atoms with E-state index in [1.165, 1.54) is 12.8 Å². The summed E-state index contributed by atoms with van der Waals surface area (Å²) in [7, 11) is 0. The van der Waals surface area contributed by atoms with Crippen molar-refractivity contribution >= 4 is 17.3 Å². The molecule has 1 saturated carbocycles. The molecule has 2 rings (SSSR count). The largest absolute Gasteiger partial charge is 0.382 e. The van der Waals surface area contributed by atoms with E-state index in [1.54, 1.807) is 0 Å². The van der Waals surface area contributed by atoms with Crippen LogP contribution in [0.2, 0.25) is 5.02 Å². The van der Waals surface area contributed by atoms with Crippen molar-refractivity contribution in [2.45, 2.75) is 25.4 Å². The molecule has 0 spiro atoms. The first-order valence-electron chi connectivity index (χ1n) is 4.55. The summed E-state index contributed by atoms with van der Waals surface area (Å²) in [5, 5.41) is 4.17. The molecule has 1 fully saturated rings. The Morgan fingerprint density at radius 3 is 2.85 bits per heavy atom. The monoisotopic (exact) mass is 196 g/mol. The SMILES string of the molecule is NCc1c(Cl)cccc1NC1CC1. The van der Waals surface area contributed by atoms with Gasteiger partial charge in [0.05, 0.1) is 0 Å². The predicted molar refractivity (Wildman–Crippen MR) is 56.0 cm³/mol. The molecule has 0 bridgehead atoms. The highest BCUT2D eigenvalue weighted by Crippen LogP contribution is 2.29. The van der Waals surface area contributed by atoms with Crippen LogP contribution in [0.5, 0.6) is 0 Å². The Morgan fingerprint density at radius 1 is 1.46 bits per heavy atom. The molecule has 3 N–H and O–H groups in total. The summed E-state index contributed by atoms with van der Waals surface area (Å²) in [6.07, 6.45) is 2.52. The molecule has 0 unspecified atom stereocenters. The van der Waals surface area contributed by atoms with E-state index >= 15 is 0 Å². The number of nitrogens with one attached hydrogen (secondary N) is 1. The first-order valence-corrected chi connectivity index (χ1v) is 4.93. The first kappa shape index (κ1) is 8.85. The fourth-order valence-corrected chi connectivity index (χ4v) is 1.60. The summed E-state index contributed by atoms with van der Waals surface area (Å²) in [6.45, 7) is 0.495. The number of nitrogens with two attached hydrogens (primary N) is 1. The van der Waals surface area contributed by atoms with Crippen LogP contribution in [0.1, 0.15) is 18.4 Å². The molecule has 0 heterocycles. The van der Waals surface area contributed by atoms with Crippen LogP contribution in [0.4, 0.5) is 5.69 Å². The standard InChI is InChI=1S/C10H13ClN2/c11-9-2-1-3-10(8(9)6-12)13-7-4-5-7/h1-3,7,13H,4-6,12H2. The molecule has 0 saturated heterocycles. The predicted octanol–water partition coefficient (Wildman–Crippen LogP) is 2.37. The minimum absolute atomic E-state index is 0.495. The van der Waals surface area contributed by atoms with E-state index in [4.69, 9.17) is 17.3 Å². The highest BCUT2D eigenvalue weighted by Gasteiger charge is 2.21. The zero-order valence-corrected chi connectivity index (χ0v) is 8.14. The molecule has 0 aliphatic heterocycles. The normalized spacial score (nSPS) is 15.8. The lowest BCUT2D eigenvalue weighted by molar-refractivity contribution is 1.05. The van der Waals surface area contributed by atoms with Crippen LogP contribution in [0.25, 0.3) is 0 Å². The zero-order chi connectivity index (χ0) is 9.26. The summed E-state index contributed by atoms with van der Waals surface area (Å²) in [6, 6.07) is 6.50. The van der Waals surface area contributed by atoms with Crippen molar-refractivity contribution in [1.29, 1.82) is 0 Å². The Hall–Kier alpha value is -0.730. The maximum atomic E-state index is 6.01. The van der Waals surface area contributed by atoms with Crippen molar-refractivity contribution in [3.05, 3.63) is 28.8 Å². The smallest absolute Gasteiger partial charge is 0.0471 e. The molecule has 1 aromatic carbocycles. The topological polar surface area (TPSA) is 38.0 Å². The van der Waals surface area contributed by atoms with Crippen molar-refractivity contribution in [2.24, 2.45) is 5.73 Å². The molecular weight excluding hydrogens is 184 g/mol. The van der Waals surface area contributed by atoms with Gasteiger partial charge in [-0.2, -0.15) is 0 Å². The summed E-state index contributed by atoms with van der Waals surface area (Å²) in [4.78, 5) is 0.